The molecule has 1 aromatic heterocycles. The molecule has 0 radical (unpaired) electrons. The molecule has 0 saturated heterocycles. The predicted octanol–water partition coefficient (Wildman–Crippen LogP) is 4.76. The first kappa shape index (κ1) is 16.1. The van der Waals surface area contributed by atoms with Gasteiger partial charge in [0.25, 0.3) is 0 Å². The van der Waals surface area contributed by atoms with Crippen LogP contribution in [0.1, 0.15) is 0 Å². The third-order valence-corrected chi connectivity index (χ3v) is 5.57. The molecule has 3 aromatic rings. The molecule has 7 heteroatoms. The number of hydrogen-bond acceptors (Lipinski definition) is 2. The van der Waals surface area contributed by atoms with Gasteiger partial charge in [-0.2, -0.15) is 0 Å². The molecule has 0 unspecified atom stereocenters. The Morgan fingerprint density at radius 1 is 0.957 bits per heavy atom. The van der Waals surface area contributed by atoms with E-state index in [4.69, 9.17) is 23.2 Å². The molecular formula is C16H10Cl2FNO2S. The molecule has 0 aliphatic carbocycles. The molecule has 23 heavy (non-hydrogen) atoms. The first-order chi connectivity index (χ1) is 10.9. The lowest BCUT2D eigenvalue weighted by Crippen LogP contribution is -2.09. The highest BCUT2D eigenvalue weighted by atomic mass is 35.5. The number of aromatic nitrogens is 1. The number of benzene rings is 2. The monoisotopic (exact) mass is 369 g/mol. The topological polar surface area (TPSA) is 39.1 Å². The molecule has 0 amide bonds. The highest BCUT2D eigenvalue weighted by molar-refractivity contribution is 7.91. The summed E-state index contributed by atoms with van der Waals surface area (Å²) in [4.78, 5) is -0.129. The minimum atomic E-state index is -3.91. The zero-order valence-electron chi connectivity index (χ0n) is 11.6. The van der Waals surface area contributed by atoms with Gasteiger partial charge in [0.15, 0.2) is 0 Å². The van der Waals surface area contributed by atoms with Gasteiger partial charge in [-0.05, 0) is 48.5 Å². The maximum absolute atomic E-state index is 13.4. The van der Waals surface area contributed by atoms with Gasteiger partial charge in [-0.3, -0.25) is 0 Å². The Kier molecular flexibility index (Phi) is 4.19. The Hall–Kier alpha value is -1.82. The Balaban J connectivity index is 2.20. The summed E-state index contributed by atoms with van der Waals surface area (Å²) in [6.45, 7) is 0. The van der Waals surface area contributed by atoms with Gasteiger partial charge in [-0.1, -0.05) is 29.3 Å². The summed E-state index contributed by atoms with van der Waals surface area (Å²) in [5, 5.41) is 0.751. The average molecular weight is 370 g/mol. The molecule has 1 heterocycles. The van der Waals surface area contributed by atoms with Crippen molar-refractivity contribution >= 4 is 33.0 Å². The number of rotatable bonds is 3. The van der Waals surface area contributed by atoms with Crippen molar-refractivity contribution < 1.29 is 12.8 Å². The van der Waals surface area contributed by atoms with Crippen LogP contribution in [-0.4, -0.2) is 13.0 Å². The molecule has 3 rings (SSSR count). The molecule has 0 fully saturated rings. The smallest absolute Gasteiger partial charge is 0.222 e. The van der Waals surface area contributed by atoms with E-state index in [1.165, 1.54) is 28.8 Å². The summed E-state index contributed by atoms with van der Waals surface area (Å²) < 4.78 is 40.3. The van der Waals surface area contributed by atoms with E-state index < -0.39 is 15.7 Å². The molecule has 0 bridgehead atoms. The van der Waals surface area contributed by atoms with Gasteiger partial charge in [-0.15, -0.1) is 0 Å². The Bertz CT molecular complexity index is 983. The maximum Gasteiger partial charge on any atom is 0.222 e. The molecule has 3 nitrogen and oxygen atoms in total. The quantitative estimate of drug-likeness (QED) is 0.667. The van der Waals surface area contributed by atoms with Gasteiger partial charge in [-0.25, -0.2) is 12.8 Å². The lowest BCUT2D eigenvalue weighted by molar-refractivity contribution is 0.585. The fourth-order valence-electron chi connectivity index (χ4n) is 2.21. The normalized spacial score (nSPS) is 11.6. The van der Waals surface area contributed by atoms with Crippen molar-refractivity contribution in [3.63, 3.8) is 0 Å². The summed E-state index contributed by atoms with van der Waals surface area (Å²) in [6, 6.07) is 12.6. The molecule has 0 atom stereocenters. The third-order valence-electron chi connectivity index (χ3n) is 3.26. The van der Waals surface area contributed by atoms with Crippen molar-refractivity contribution in [1.29, 1.82) is 0 Å². The van der Waals surface area contributed by atoms with Gasteiger partial charge < -0.3 is 4.57 Å². The van der Waals surface area contributed by atoms with Crippen LogP contribution in [0.5, 0.6) is 0 Å². The molecule has 118 valence electrons. The second-order valence-electron chi connectivity index (χ2n) is 4.77. The molecule has 0 spiro atoms. The third kappa shape index (κ3) is 3.00. The molecule has 0 aliphatic rings. The standard InChI is InChI=1S/C16H10Cl2FNO2S/c17-11-6-7-14(18)15(9-11)20-8-2-5-16(20)23(21,22)13-4-1-3-12(19)10-13/h1-10H. The lowest BCUT2D eigenvalue weighted by atomic mass is 10.3. The highest BCUT2D eigenvalue weighted by Gasteiger charge is 2.23. The van der Waals surface area contributed by atoms with E-state index in [0.29, 0.717) is 15.7 Å². The Labute approximate surface area is 142 Å². The average Bonchev–Trinajstić information content (AvgIpc) is 3.00. The van der Waals surface area contributed by atoms with E-state index in [2.05, 4.69) is 0 Å². The number of nitrogens with zero attached hydrogens (tertiary/aromatic N) is 1. The molecule has 0 N–H and O–H groups in total. The van der Waals surface area contributed by atoms with Crippen molar-refractivity contribution in [3.05, 3.63) is 76.7 Å². The van der Waals surface area contributed by atoms with Crippen molar-refractivity contribution in [2.45, 2.75) is 9.92 Å². The number of halogens is 3. The number of sulfone groups is 1. The van der Waals surface area contributed by atoms with Gasteiger partial charge >= 0.3 is 0 Å². The SMILES string of the molecule is O=S(=O)(c1cccc(F)c1)c1cccn1-c1cc(Cl)ccc1Cl. The second kappa shape index (κ2) is 6.00. The van der Waals surface area contributed by atoms with Crippen molar-refractivity contribution in [2.24, 2.45) is 0 Å². The van der Waals surface area contributed by atoms with Crippen LogP contribution in [0.25, 0.3) is 5.69 Å². The molecular weight excluding hydrogens is 360 g/mol. The Morgan fingerprint density at radius 3 is 2.48 bits per heavy atom. The molecule has 0 saturated carbocycles. The second-order valence-corrected chi connectivity index (χ2v) is 7.51. The molecule has 0 aliphatic heterocycles. The summed E-state index contributed by atoms with van der Waals surface area (Å²) >= 11 is 12.1. The van der Waals surface area contributed by atoms with E-state index in [-0.39, 0.29) is 9.92 Å². The van der Waals surface area contributed by atoms with E-state index in [1.807, 2.05) is 0 Å². The fraction of sp³-hybridized carbons (Fsp3) is 0. The van der Waals surface area contributed by atoms with Crippen LogP contribution in [0.3, 0.4) is 0 Å². The maximum atomic E-state index is 13.4. The van der Waals surface area contributed by atoms with E-state index >= 15 is 0 Å². The van der Waals surface area contributed by atoms with E-state index in [0.717, 1.165) is 6.07 Å². The summed E-state index contributed by atoms with van der Waals surface area (Å²) in [5.41, 5.74) is 0.430. The summed E-state index contributed by atoms with van der Waals surface area (Å²) in [6.07, 6.45) is 1.56. The zero-order valence-corrected chi connectivity index (χ0v) is 13.9. The van der Waals surface area contributed by atoms with Crippen LogP contribution in [-0.2, 0) is 9.84 Å². The van der Waals surface area contributed by atoms with Gasteiger partial charge in [0.05, 0.1) is 15.6 Å². The van der Waals surface area contributed by atoms with Crippen LogP contribution in [0.15, 0.2) is 70.7 Å². The first-order valence-corrected chi connectivity index (χ1v) is 8.77. The van der Waals surface area contributed by atoms with E-state index in [9.17, 15) is 12.8 Å². The summed E-state index contributed by atoms with van der Waals surface area (Å²) in [7, 11) is -3.91. The van der Waals surface area contributed by atoms with Crippen LogP contribution in [0, 0.1) is 5.82 Å². The van der Waals surface area contributed by atoms with Gasteiger partial charge in [0.2, 0.25) is 9.84 Å². The molecule has 2 aromatic carbocycles. The summed E-state index contributed by atoms with van der Waals surface area (Å²) in [5.74, 6) is -0.620. The van der Waals surface area contributed by atoms with Crippen LogP contribution >= 0.6 is 23.2 Å². The van der Waals surface area contributed by atoms with Gasteiger partial charge in [0, 0.05) is 11.2 Å². The first-order valence-electron chi connectivity index (χ1n) is 6.53. The van der Waals surface area contributed by atoms with Crippen LogP contribution in [0.2, 0.25) is 10.0 Å². The van der Waals surface area contributed by atoms with E-state index in [1.54, 1.807) is 30.5 Å². The van der Waals surface area contributed by atoms with Crippen LogP contribution in [0.4, 0.5) is 4.39 Å². The predicted molar refractivity (Wildman–Crippen MR) is 87.6 cm³/mol. The van der Waals surface area contributed by atoms with Crippen molar-refractivity contribution in [2.75, 3.05) is 0 Å². The highest BCUT2D eigenvalue weighted by Crippen LogP contribution is 2.30. The largest absolute Gasteiger partial charge is 0.306 e. The minimum absolute atomic E-state index is 0.0210. The minimum Gasteiger partial charge on any atom is -0.306 e. The van der Waals surface area contributed by atoms with Gasteiger partial charge in [0.1, 0.15) is 10.8 Å². The Morgan fingerprint density at radius 2 is 1.74 bits per heavy atom. The van der Waals surface area contributed by atoms with Crippen molar-refractivity contribution in [1.82, 2.24) is 4.57 Å². The van der Waals surface area contributed by atoms with Crippen molar-refractivity contribution in [3.8, 4) is 5.69 Å². The zero-order chi connectivity index (χ0) is 16.6. The van der Waals surface area contributed by atoms with Crippen LogP contribution < -0.4 is 0 Å². The number of hydrogen-bond donors (Lipinski definition) is 0. The fourth-order valence-corrected chi connectivity index (χ4v) is 4.03. The lowest BCUT2D eigenvalue weighted by Gasteiger charge is -2.12.